The van der Waals surface area contributed by atoms with Crippen molar-refractivity contribution in [1.29, 1.82) is 0 Å². The van der Waals surface area contributed by atoms with E-state index in [-0.39, 0.29) is 23.2 Å². The van der Waals surface area contributed by atoms with Crippen LogP contribution in [0.25, 0.3) is 0 Å². The third-order valence-electron chi connectivity index (χ3n) is 2.79. The fraction of sp³-hybridized carbons (Fsp3) is 0.467. The Kier molecular flexibility index (Phi) is 6.21. The summed E-state index contributed by atoms with van der Waals surface area (Å²) in [5.74, 6) is 5.69. The van der Waals surface area contributed by atoms with Crippen molar-refractivity contribution in [2.45, 2.75) is 18.7 Å². The first-order valence-corrected chi connectivity index (χ1v) is 8.01. The standard InChI is InChI=1S/C15H21NO4S/c1-12(2)11-16(3)21(18,19)15-10-13(6-5-9-17)7-8-14(15)20-4/h7-8,10,12,17H,9,11H2,1-4H3. The molecular formula is C15H21NO4S. The molecule has 0 aliphatic heterocycles. The predicted molar refractivity (Wildman–Crippen MR) is 81.6 cm³/mol. The average Bonchev–Trinajstić information content (AvgIpc) is 2.44. The van der Waals surface area contributed by atoms with Crippen LogP contribution in [0, 0.1) is 17.8 Å². The van der Waals surface area contributed by atoms with E-state index in [0.29, 0.717) is 12.1 Å². The van der Waals surface area contributed by atoms with Crippen LogP contribution in [0.2, 0.25) is 0 Å². The molecular weight excluding hydrogens is 290 g/mol. The van der Waals surface area contributed by atoms with Gasteiger partial charge in [0.1, 0.15) is 17.3 Å². The van der Waals surface area contributed by atoms with E-state index >= 15 is 0 Å². The summed E-state index contributed by atoms with van der Waals surface area (Å²) >= 11 is 0. The number of benzene rings is 1. The highest BCUT2D eigenvalue weighted by atomic mass is 32.2. The molecule has 0 aliphatic carbocycles. The van der Waals surface area contributed by atoms with Gasteiger partial charge in [0.25, 0.3) is 0 Å². The molecule has 0 spiro atoms. The Balaban J connectivity index is 3.31. The zero-order chi connectivity index (χ0) is 16.0. The van der Waals surface area contributed by atoms with Crippen molar-refractivity contribution in [3.05, 3.63) is 23.8 Å². The Morgan fingerprint density at radius 3 is 2.57 bits per heavy atom. The van der Waals surface area contributed by atoms with Crippen molar-refractivity contribution in [3.63, 3.8) is 0 Å². The van der Waals surface area contributed by atoms with Gasteiger partial charge in [-0.25, -0.2) is 12.7 Å². The summed E-state index contributed by atoms with van der Waals surface area (Å²) in [5.41, 5.74) is 0.515. The maximum absolute atomic E-state index is 12.6. The first-order valence-electron chi connectivity index (χ1n) is 6.57. The van der Waals surface area contributed by atoms with Crippen LogP contribution in [0.3, 0.4) is 0 Å². The lowest BCUT2D eigenvalue weighted by atomic mass is 10.2. The Morgan fingerprint density at radius 1 is 1.38 bits per heavy atom. The Hall–Kier alpha value is -1.55. The van der Waals surface area contributed by atoms with Gasteiger partial charge in [0, 0.05) is 19.2 Å². The minimum atomic E-state index is -3.65. The van der Waals surface area contributed by atoms with E-state index in [4.69, 9.17) is 9.84 Å². The van der Waals surface area contributed by atoms with Crippen molar-refractivity contribution >= 4 is 10.0 Å². The average molecular weight is 311 g/mol. The van der Waals surface area contributed by atoms with Gasteiger partial charge in [-0.3, -0.25) is 0 Å². The summed E-state index contributed by atoms with van der Waals surface area (Å²) in [7, 11) is -0.677. The normalized spacial score (nSPS) is 11.4. The molecule has 1 aromatic carbocycles. The highest BCUT2D eigenvalue weighted by Crippen LogP contribution is 2.27. The monoisotopic (exact) mass is 311 g/mol. The highest BCUT2D eigenvalue weighted by Gasteiger charge is 2.25. The second kappa shape index (κ2) is 7.46. The van der Waals surface area contributed by atoms with Crippen LogP contribution in [0.15, 0.2) is 23.1 Å². The van der Waals surface area contributed by atoms with Crippen LogP contribution in [0.1, 0.15) is 19.4 Å². The summed E-state index contributed by atoms with van der Waals surface area (Å²) < 4.78 is 31.7. The molecule has 1 N–H and O–H groups in total. The van der Waals surface area contributed by atoms with Gasteiger partial charge >= 0.3 is 0 Å². The van der Waals surface area contributed by atoms with E-state index in [9.17, 15) is 8.42 Å². The van der Waals surface area contributed by atoms with Crippen LogP contribution < -0.4 is 4.74 Å². The van der Waals surface area contributed by atoms with Gasteiger partial charge in [0.15, 0.2) is 0 Å². The van der Waals surface area contributed by atoms with Crippen LogP contribution in [-0.4, -0.2) is 45.1 Å². The second-order valence-corrected chi connectivity index (χ2v) is 7.02. The molecule has 0 aliphatic rings. The number of hydrogen-bond donors (Lipinski definition) is 1. The highest BCUT2D eigenvalue weighted by molar-refractivity contribution is 7.89. The molecule has 0 heterocycles. The zero-order valence-electron chi connectivity index (χ0n) is 12.8. The molecule has 6 heteroatoms. The van der Waals surface area contributed by atoms with Gasteiger partial charge in [0.2, 0.25) is 10.0 Å². The molecule has 0 bridgehead atoms. The number of aliphatic hydroxyl groups is 1. The van der Waals surface area contributed by atoms with Gasteiger partial charge in [0.05, 0.1) is 7.11 Å². The molecule has 0 unspecified atom stereocenters. The molecule has 21 heavy (non-hydrogen) atoms. The van der Waals surface area contributed by atoms with E-state index in [2.05, 4.69) is 11.8 Å². The second-order valence-electron chi connectivity index (χ2n) is 5.00. The quantitative estimate of drug-likeness (QED) is 0.833. The lowest BCUT2D eigenvalue weighted by Gasteiger charge is -2.20. The molecule has 5 nitrogen and oxygen atoms in total. The number of ether oxygens (including phenoxy) is 1. The molecule has 0 amide bonds. The zero-order valence-corrected chi connectivity index (χ0v) is 13.6. The molecule has 116 valence electrons. The van der Waals surface area contributed by atoms with Crippen molar-refractivity contribution in [2.75, 3.05) is 27.3 Å². The van der Waals surface area contributed by atoms with Gasteiger partial charge in [-0.05, 0) is 24.1 Å². The summed E-state index contributed by atoms with van der Waals surface area (Å²) in [5, 5.41) is 8.72. The van der Waals surface area contributed by atoms with E-state index in [1.54, 1.807) is 19.2 Å². The van der Waals surface area contributed by atoms with Gasteiger partial charge in [-0.1, -0.05) is 25.7 Å². The molecule has 0 saturated heterocycles. The number of nitrogens with zero attached hydrogens (tertiary/aromatic N) is 1. The lowest BCUT2D eigenvalue weighted by Crippen LogP contribution is -2.30. The SMILES string of the molecule is COc1ccc(C#CCO)cc1S(=O)(=O)N(C)CC(C)C. The van der Waals surface area contributed by atoms with Gasteiger partial charge in [-0.2, -0.15) is 0 Å². The van der Waals surface area contributed by atoms with Gasteiger partial charge < -0.3 is 9.84 Å². The Labute approximate surface area is 126 Å². The van der Waals surface area contributed by atoms with Crippen LogP contribution in [0.5, 0.6) is 5.75 Å². The van der Waals surface area contributed by atoms with E-state index in [1.807, 2.05) is 13.8 Å². The predicted octanol–water partition coefficient (Wildman–Crippen LogP) is 1.32. The molecule has 0 radical (unpaired) electrons. The van der Waals surface area contributed by atoms with Crippen molar-refractivity contribution in [3.8, 4) is 17.6 Å². The first kappa shape index (κ1) is 17.5. The van der Waals surface area contributed by atoms with Gasteiger partial charge in [-0.15, -0.1) is 0 Å². The molecule has 1 aromatic rings. The Morgan fingerprint density at radius 2 is 2.05 bits per heavy atom. The summed E-state index contributed by atoms with van der Waals surface area (Å²) in [6.07, 6.45) is 0. The summed E-state index contributed by atoms with van der Waals surface area (Å²) in [4.78, 5) is 0.0814. The largest absolute Gasteiger partial charge is 0.495 e. The molecule has 0 saturated carbocycles. The minimum absolute atomic E-state index is 0.0814. The number of rotatable bonds is 5. The fourth-order valence-corrected chi connectivity index (χ4v) is 3.39. The number of sulfonamides is 1. The third-order valence-corrected chi connectivity index (χ3v) is 4.63. The molecule has 0 aromatic heterocycles. The maximum atomic E-state index is 12.6. The molecule has 0 fully saturated rings. The third kappa shape index (κ3) is 4.46. The Bertz CT molecular complexity index is 641. The summed E-state index contributed by atoms with van der Waals surface area (Å²) in [6.45, 7) is 4.04. The minimum Gasteiger partial charge on any atom is -0.495 e. The summed E-state index contributed by atoms with van der Waals surface area (Å²) in [6, 6.07) is 4.69. The topological polar surface area (TPSA) is 66.8 Å². The molecule has 1 rings (SSSR count). The smallest absolute Gasteiger partial charge is 0.246 e. The van der Waals surface area contributed by atoms with E-state index in [0.717, 1.165) is 0 Å². The van der Waals surface area contributed by atoms with Crippen molar-refractivity contribution < 1.29 is 18.3 Å². The fourth-order valence-electron chi connectivity index (χ4n) is 1.88. The number of hydrogen-bond acceptors (Lipinski definition) is 4. The van der Waals surface area contributed by atoms with E-state index < -0.39 is 10.0 Å². The van der Waals surface area contributed by atoms with Crippen molar-refractivity contribution in [1.82, 2.24) is 4.31 Å². The molecule has 0 atom stereocenters. The number of aliphatic hydroxyl groups excluding tert-OH is 1. The van der Waals surface area contributed by atoms with Crippen LogP contribution >= 0.6 is 0 Å². The maximum Gasteiger partial charge on any atom is 0.246 e. The van der Waals surface area contributed by atoms with E-state index in [1.165, 1.54) is 17.5 Å². The lowest BCUT2D eigenvalue weighted by molar-refractivity contribution is 0.350. The van der Waals surface area contributed by atoms with Crippen LogP contribution in [-0.2, 0) is 10.0 Å². The van der Waals surface area contributed by atoms with Crippen LogP contribution in [0.4, 0.5) is 0 Å². The first-order chi connectivity index (χ1) is 9.82. The van der Waals surface area contributed by atoms with Crippen molar-refractivity contribution in [2.24, 2.45) is 5.92 Å². The number of methoxy groups -OCH3 is 1.